The van der Waals surface area contributed by atoms with E-state index in [4.69, 9.17) is 15.3 Å². The average molecular weight is 468 g/mol. The first kappa shape index (κ1) is 23.0. The van der Waals surface area contributed by atoms with Gasteiger partial charge in [0.2, 0.25) is 11.1 Å². The molecule has 174 valence electrons. The number of nitrogens with zero attached hydrogens (tertiary/aromatic N) is 4. The molecule has 0 radical (unpaired) electrons. The zero-order valence-electron chi connectivity index (χ0n) is 19.2. The lowest BCUT2D eigenvalue weighted by molar-refractivity contribution is -0.116. The van der Waals surface area contributed by atoms with E-state index in [0.717, 1.165) is 35.6 Å². The van der Waals surface area contributed by atoms with E-state index in [1.165, 1.54) is 22.0 Å². The van der Waals surface area contributed by atoms with Crippen molar-refractivity contribution in [2.45, 2.75) is 44.4 Å². The van der Waals surface area contributed by atoms with Crippen LogP contribution >= 0.6 is 11.8 Å². The number of benzene rings is 2. The van der Waals surface area contributed by atoms with Crippen LogP contribution < -0.4 is 20.2 Å². The van der Waals surface area contributed by atoms with Crippen molar-refractivity contribution in [1.82, 2.24) is 14.9 Å². The van der Waals surface area contributed by atoms with E-state index in [1.54, 1.807) is 7.11 Å². The Balaban J connectivity index is 1.35. The number of hydrogen-bond acceptors (Lipinski definition) is 7. The lowest BCUT2D eigenvalue weighted by Gasteiger charge is -2.29. The number of nitrogens with two attached hydrogens (primary N) is 1. The number of carbonyl (C=O) groups is 1. The highest BCUT2D eigenvalue weighted by Gasteiger charge is 2.24. The molecule has 1 amide bonds. The number of methoxy groups -OCH3 is 1. The molecule has 33 heavy (non-hydrogen) atoms. The second-order valence-electron chi connectivity index (χ2n) is 8.21. The number of aryl methyl sites for hydroxylation is 1. The maximum atomic E-state index is 12.9. The summed E-state index contributed by atoms with van der Waals surface area (Å²) in [5.74, 6) is 8.90. The number of thioether (sulfide) groups is 1. The van der Waals surface area contributed by atoms with E-state index in [-0.39, 0.29) is 18.3 Å². The number of carbonyl (C=O) groups excluding carboxylic acids is 1. The van der Waals surface area contributed by atoms with E-state index in [0.29, 0.717) is 23.4 Å². The van der Waals surface area contributed by atoms with Gasteiger partial charge in [0.1, 0.15) is 18.1 Å². The minimum absolute atomic E-state index is 0.0113. The molecule has 0 unspecified atom stereocenters. The molecular weight excluding hydrogens is 438 g/mol. The summed E-state index contributed by atoms with van der Waals surface area (Å²) in [5, 5.41) is 8.73. The summed E-state index contributed by atoms with van der Waals surface area (Å²) in [4.78, 5) is 14.8. The van der Waals surface area contributed by atoms with Gasteiger partial charge < -0.3 is 20.2 Å². The first-order chi connectivity index (χ1) is 16.0. The maximum Gasteiger partial charge on any atom is 0.237 e. The van der Waals surface area contributed by atoms with Gasteiger partial charge in [-0.3, -0.25) is 4.79 Å². The second-order valence-corrected chi connectivity index (χ2v) is 9.16. The zero-order chi connectivity index (χ0) is 23.4. The van der Waals surface area contributed by atoms with Gasteiger partial charge in [-0.25, -0.2) is 4.68 Å². The van der Waals surface area contributed by atoms with Gasteiger partial charge in [0.05, 0.1) is 12.9 Å². The molecule has 0 fully saturated rings. The van der Waals surface area contributed by atoms with Gasteiger partial charge in [0.25, 0.3) is 0 Å². The molecule has 0 bridgehead atoms. The topological polar surface area (TPSA) is 95.5 Å². The highest BCUT2D eigenvalue weighted by atomic mass is 32.2. The van der Waals surface area contributed by atoms with E-state index in [2.05, 4.69) is 36.2 Å². The summed E-state index contributed by atoms with van der Waals surface area (Å²) >= 11 is 1.27. The Morgan fingerprint density at radius 1 is 1.15 bits per heavy atom. The minimum Gasteiger partial charge on any atom is -0.497 e. The molecule has 1 aromatic heterocycles. The summed E-state index contributed by atoms with van der Waals surface area (Å²) < 4.78 is 12.5. The predicted octanol–water partition coefficient (Wildman–Crippen LogP) is 3.77. The molecule has 4 rings (SSSR count). The number of fused-ring (bicyclic) bond motifs is 1. The highest BCUT2D eigenvalue weighted by molar-refractivity contribution is 7.99. The number of anilines is 1. The molecule has 8 nitrogen and oxygen atoms in total. The Kier molecular flexibility index (Phi) is 7.08. The van der Waals surface area contributed by atoms with Crippen LogP contribution in [0.5, 0.6) is 11.5 Å². The summed E-state index contributed by atoms with van der Waals surface area (Å²) in [6, 6.07) is 13.8. The maximum absolute atomic E-state index is 12.9. The van der Waals surface area contributed by atoms with Crippen LogP contribution in [0, 0.1) is 0 Å². The normalized spacial score (nSPS) is 13.2. The molecule has 9 heteroatoms. The number of ether oxygens (including phenoxy) is 2. The van der Waals surface area contributed by atoms with E-state index in [1.807, 2.05) is 35.2 Å². The number of nitrogen functional groups attached to an aromatic ring is 1. The summed E-state index contributed by atoms with van der Waals surface area (Å²) in [6.07, 6.45) is 1.85. The fourth-order valence-corrected chi connectivity index (χ4v) is 4.52. The van der Waals surface area contributed by atoms with Crippen molar-refractivity contribution in [2.75, 3.05) is 30.1 Å². The SMILES string of the molecule is COc1ccc2c(c1)CCCN2C(=O)CSc1nnc(COc2ccc(C(C)C)cc2)n1N. The average Bonchev–Trinajstić information content (AvgIpc) is 3.19. The third-order valence-corrected chi connectivity index (χ3v) is 6.61. The van der Waals surface area contributed by atoms with Gasteiger partial charge in [-0.05, 0) is 60.2 Å². The van der Waals surface area contributed by atoms with Crippen molar-refractivity contribution >= 4 is 23.4 Å². The van der Waals surface area contributed by atoms with Crippen molar-refractivity contribution in [3.8, 4) is 11.5 Å². The van der Waals surface area contributed by atoms with Crippen molar-refractivity contribution in [2.24, 2.45) is 0 Å². The Hall–Kier alpha value is -3.20. The first-order valence-corrected chi connectivity index (χ1v) is 12.0. The Labute approximate surface area is 198 Å². The molecule has 0 aliphatic carbocycles. The molecule has 0 saturated heterocycles. The minimum atomic E-state index is 0.0113. The standard InChI is InChI=1S/C24H29N5O3S/c1-16(2)17-6-8-19(9-7-17)32-14-22-26-27-24(29(22)25)33-15-23(30)28-12-4-5-18-13-20(31-3)10-11-21(18)28/h6-11,13,16H,4-5,12,14-15,25H2,1-3H3. The quantitative estimate of drug-likeness (QED) is 0.398. The second kappa shape index (κ2) is 10.2. The monoisotopic (exact) mass is 467 g/mol. The lowest BCUT2D eigenvalue weighted by Crippen LogP contribution is -2.36. The van der Waals surface area contributed by atoms with Gasteiger partial charge in [0, 0.05) is 12.2 Å². The van der Waals surface area contributed by atoms with E-state index < -0.39 is 0 Å². The Morgan fingerprint density at radius 2 is 1.91 bits per heavy atom. The molecule has 2 heterocycles. The third-order valence-electron chi connectivity index (χ3n) is 5.68. The van der Waals surface area contributed by atoms with Gasteiger partial charge in [0.15, 0.2) is 5.82 Å². The van der Waals surface area contributed by atoms with Crippen LogP contribution in [0.2, 0.25) is 0 Å². The third kappa shape index (κ3) is 5.24. The summed E-state index contributed by atoms with van der Waals surface area (Å²) in [7, 11) is 1.65. The largest absolute Gasteiger partial charge is 0.497 e. The molecule has 3 aromatic rings. The molecule has 0 atom stereocenters. The van der Waals surface area contributed by atoms with Crippen LogP contribution in [0.3, 0.4) is 0 Å². The fourth-order valence-electron chi connectivity index (χ4n) is 3.76. The van der Waals surface area contributed by atoms with Gasteiger partial charge >= 0.3 is 0 Å². The number of amides is 1. The Bertz CT molecular complexity index is 1110. The van der Waals surface area contributed by atoms with Crippen LogP contribution in [0.15, 0.2) is 47.6 Å². The van der Waals surface area contributed by atoms with E-state index >= 15 is 0 Å². The number of rotatable bonds is 8. The molecule has 1 aliphatic rings. The number of aromatic nitrogens is 3. The van der Waals surface area contributed by atoms with E-state index in [9.17, 15) is 4.79 Å². The van der Waals surface area contributed by atoms with Crippen molar-refractivity contribution in [3.63, 3.8) is 0 Å². The lowest BCUT2D eigenvalue weighted by atomic mass is 10.0. The smallest absolute Gasteiger partial charge is 0.237 e. The van der Waals surface area contributed by atoms with Crippen molar-refractivity contribution in [3.05, 3.63) is 59.4 Å². The summed E-state index contributed by atoms with van der Waals surface area (Å²) in [6.45, 7) is 5.19. The molecule has 2 aromatic carbocycles. The fraction of sp³-hybridized carbons (Fsp3) is 0.375. The van der Waals surface area contributed by atoms with Crippen LogP contribution in [0.1, 0.15) is 43.1 Å². The van der Waals surface area contributed by atoms with Crippen LogP contribution in [-0.4, -0.2) is 40.2 Å². The van der Waals surface area contributed by atoms with Gasteiger partial charge in [-0.1, -0.05) is 37.7 Å². The predicted molar refractivity (Wildman–Crippen MR) is 129 cm³/mol. The van der Waals surface area contributed by atoms with Crippen LogP contribution in [-0.2, 0) is 17.8 Å². The molecular formula is C24H29N5O3S. The summed E-state index contributed by atoms with van der Waals surface area (Å²) in [5.41, 5.74) is 3.32. The molecule has 0 spiro atoms. The zero-order valence-corrected chi connectivity index (χ0v) is 20.0. The highest BCUT2D eigenvalue weighted by Crippen LogP contribution is 2.31. The molecule has 2 N–H and O–H groups in total. The van der Waals surface area contributed by atoms with Gasteiger partial charge in [-0.2, -0.15) is 0 Å². The molecule has 1 aliphatic heterocycles. The van der Waals surface area contributed by atoms with Gasteiger partial charge in [-0.15, -0.1) is 10.2 Å². The molecule has 0 saturated carbocycles. The number of hydrogen-bond donors (Lipinski definition) is 1. The van der Waals surface area contributed by atoms with Crippen molar-refractivity contribution in [1.29, 1.82) is 0 Å². The first-order valence-electron chi connectivity index (χ1n) is 11.0. The Morgan fingerprint density at radius 3 is 2.64 bits per heavy atom. The van der Waals surface area contributed by atoms with Crippen LogP contribution in [0.25, 0.3) is 0 Å². The van der Waals surface area contributed by atoms with Crippen molar-refractivity contribution < 1.29 is 14.3 Å². The van der Waals surface area contributed by atoms with Crippen LogP contribution in [0.4, 0.5) is 5.69 Å².